The van der Waals surface area contributed by atoms with Gasteiger partial charge in [-0.25, -0.2) is 9.59 Å². The van der Waals surface area contributed by atoms with Crippen LogP contribution in [0.1, 0.15) is 26.3 Å². The van der Waals surface area contributed by atoms with Crippen LogP contribution < -0.4 is 26.5 Å². The lowest BCUT2D eigenvalue weighted by atomic mass is 10.1. The zero-order valence-corrected chi connectivity index (χ0v) is 17.8. The number of Topliss-reactive ketones (excluding diaryl/α,β-unsaturated/α-hetero) is 1. The van der Waals surface area contributed by atoms with Crippen LogP contribution in [-0.4, -0.2) is 40.7 Å². The van der Waals surface area contributed by atoms with Crippen LogP contribution in [0.2, 0.25) is 0 Å². The molecule has 4 rings (SSSR count). The molecule has 2 heterocycles. The Morgan fingerprint density at radius 1 is 1.03 bits per heavy atom. The average Bonchev–Trinajstić information content (AvgIpc) is 2.84. The van der Waals surface area contributed by atoms with E-state index in [2.05, 4.69) is 0 Å². The number of carbonyl (C=O) groups is 2. The fourth-order valence-electron chi connectivity index (χ4n) is 3.42. The lowest BCUT2D eigenvalue weighted by Gasteiger charge is -2.18. The summed E-state index contributed by atoms with van der Waals surface area (Å²) in [5.74, 6) is -0.986. The van der Waals surface area contributed by atoms with Crippen molar-refractivity contribution in [2.24, 2.45) is 7.05 Å². The Morgan fingerprint density at radius 2 is 1.73 bits per heavy atom. The first kappa shape index (κ1) is 21.9. The lowest BCUT2D eigenvalue weighted by molar-refractivity contribution is 0.0473. The van der Waals surface area contributed by atoms with E-state index in [9.17, 15) is 19.2 Å². The first-order chi connectivity index (χ1) is 15.9. The van der Waals surface area contributed by atoms with Crippen molar-refractivity contribution in [2.75, 3.05) is 25.6 Å². The highest BCUT2D eigenvalue weighted by atomic mass is 16.6. The number of esters is 1. The van der Waals surface area contributed by atoms with Gasteiger partial charge in [0.1, 0.15) is 24.6 Å². The van der Waals surface area contributed by atoms with Gasteiger partial charge in [0.25, 0.3) is 5.56 Å². The molecule has 170 valence electrons. The van der Waals surface area contributed by atoms with Gasteiger partial charge in [-0.05, 0) is 23.8 Å². The van der Waals surface area contributed by atoms with Crippen molar-refractivity contribution >= 4 is 17.6 Å². The molecule has 0 fully saturated rings. The molecule has 1 aromatic heterocycles. The van der Waals surface area contributed by atoms with Crippen LogP contribution in [0.15, 0.2) is 58.1 Å². The Kier molecular flexibility index (Phi) is 5.99. The summed E-state index contributed by atoms with van der Waals surface area (Å²) in [5.41, 5.74) is 5.03. The van der Waals surface area contributed by atoms with Gasteiger partial charge in [-0.15, -0.1) is 0 Å². The summed E-state index contributed by atoms with van der Waals surface area (Å²) in [6.45, 7) is 0.104. The SMILES string of the molecule is Cn1c(=O)c(C(=O)COC(=O)c2ccc3c(c2)OCCO3)c(N)n(Cc2ccccc2)c1=O. The van der Waals surface area contributed by atoms with E-state index in [4.69, 9.17) is 19.9 Å². The minimum Gasteiger partial charge on any atom is -0.486 e. The number of aromatic nitrogens is 2. The van der Waals surface area contributed by atoms with Gasteiger partial charge in [-0.3, -0.25) is 18.7 Å². The number of benzene rings is 2. The number of hydrogen-bond donors (Lipinski definition) is 1. The second-order valence-corrected chi connectivity index (χ2v) is 7.34. The molecule has 33 heavy (non-hydrogen) atoms. The second-order valence-electron chi connectivity index (χ2n) is 7.34. The number of anilines is 1. The predicted octanol–water partition coefficient (Wildman–Crippen LogP) is 0.988. The third-order valence-electron chi connectivity index (χ3n) is 5.16. The van der Waals surface area contributed by atoms with Crippen molar-refractivity contribution in [3.8, 4) is 11.5 Å². The maximum Gasteiger partial charge on any atom is 0.338 e. The molecule has 10 nitrogen and oxygen atoms in total. The molecule has 0 amide bonds. The minimum atomic E-state index is -0.859. The number of hydrogen-bond acceptors (Lipinski definition) is 8. The Balaban J connectivity index is 1.56. The van der Waals surface area contributed by atoms with Gasteiger partial charge in [0.15, 0.2) is 18.1 Å². The van der Waals surface area contributed by atoms with Crippen LogP contribution in [0.25, 0.3) is 0 Å². The van der Waals surface area contributed by atoms with Gasteiger partial charge >= 0.3 is 11.7 Å². The zero-order chi connectivity index (χ0) is 23.5. The van der Waals surface area contributed by atoms with Gasteiger partial charge in [-0.2, -0.15) is 0 Å². The summed E-state index contributed by atoms with van der Waals surface area (Å²) < 4.78 is 17.9. The average molecular weight is 451 g/mol. The summed E-state index contributed by atoms with van der Waals surface area (Å²) in [4.78, 5) is 50.4. The quantitative estimate of drug-likeness (QED) is 0.434. The van der Waals surface area contributed by atoms with Crippen molar-refractivity contribution in [3.05, 3.63) is 86.1 Å². The molecule has 1 aliphatic rings. The lowest BCUT2D eigenvalue weighted by Crippen LogP contribution is -2.43. The minimum absolute atomic E-state index is 0.0664. The molecule has 0 bridgehead atoms. The highest BCUT2D eigenvalue weighted by Gasteiger charge is 2.23. The first-order valence-electron chi connectivity index (χ1n) is 10.1. The number of nitrogens with two attached hydrogens (primary N) is 1. The van der Waals surface area contributed by atoms with E-state index in [1.54, 1.807) is 30.3 Å². The molecular weight excluding hydrogens is 430 g/mol. The standard InChI is InChI=1S/C23H21N3O7/c1-25-21(28)19(20(24)26(23(25)30)12-14-5-3-2-4-6-14)16(27)13-33-22(29)15-7-8-17-18(11-15)32-10-9-31-17/h2-8,11H,9-10,12-13,24H2,1H3. The Labute approximate surface area is 187 Å². The Hall–Kier alpha value is -4.34. The summed E-state index contributed by atoms with van der Waals surface area (Å²) in [6.07, 6.45) is 0. The maximum absolute atomic E-state index is 12.8. The molecule has 1 aliphatic heterocycles. The molecule has 0 spiro atoms. The van der Waals surface area contributed by atoms with Crippen molar-refractivity contribution in [1.82, 2.24) is 9.13 Å². The topological polar surface area (TPSA) is 132 Å². The van der Waals surface area contributed by atoms with E-state index < -0.39 is 35.2 Å². The van der Waals surface area contributed by atoms with Crippen LogP contribution in [0.4, 0.5) is 5.82 Å². The first-order valence-corrected chi connectivity index (χ1v) is 10.1. The number of rotatable bonds is 6. The van der Waals surface area contributed by atoms with Gasteiger partial charge in [-0.1, -0.05) is 30.3 Å². The van der Waals surface area contributed by atoms with Gasteiger partial charge < -0.3 is 19.9 Å². The summed E-state index contributed by atoms with van der Waals surface area (Å²) >= 11 is 0. The number of nitrogens with zero attached hydrogens (tertiary/aromatic N) is 2. The molecular formula is C23H21N3O7. The normalized spacial score (nSPS) is 12.3. The van der Waals surface area contributed by atoms with E-state index in [1.807, 2.05) is 6.07 Å². The molecule has 0 saturated heterocycles. The van der Waals surface area contributed by atoms with E-state index in [0.717, 1.165) is 14.7 Å². The second kappa shape index (κ2) is 9.03. The van der Waals surface area contributed by atoms with E-state index in [0.29, 0.717) is 24.7 Å². The smallest absolute Gasteiger partial charge is 0.338 e. The van der Waals surface area contributed by atoms with E-state index in [1.165, 1.54) is 19.2 Å². The molecule has 0 radical (unpaired) electrons. The van der Waals surface area contributed by atoms with Crippen LogP contribution in [0.5, 0.6) is 11.5 Å². The van der Waals surface area contributed by atoms with E-state index in [-0.39, 0.29) is 17.9 Å². The summed E-state index contributed by atoms with van der Waals surface area (Å²) in [7, 11) is 1.25. The highest BCUT2D eigenvalue weighted by Crippen LogP contribution is 2.30. The van der Waals surface area contributed by atoms with Gasteiger partial charge in [0.2, 0.25) is 5.78 Å². The predicted molar refractivity (Wildman–Crippen MR) is 118 cm³/mol. The van der Waals surface area contributed by atoms with Gasteiger partial charge in [0.05, 0.1) is 12.1 Å². The highest BCUT2D eigenvalue weighted by molar-refractivity contribution is 6.02. The fourth-order valence-corrected chi connectivity index (χ4v) is 3.42. The van der Waals surface area contributed by atoms with Crippen molar-refractivity contribution in [1.29, 1.82) is 0 Å². The van der Waals surface area contributed by atoms with Crippen LogP contribution >= 0.6 is 0 Å². The van der Waals surface area contributed by atoms with Crippen molar-refractivity contribution < 1.29 is 23.8 Å². The summed E-state index contributed by atoms with van der Waals surface area (Å²) in [5, 5.41) is 0. The largest absolute Gasteiger partial charge is 0.486 e. The van der Waals surface area contributed by atoms with Crippen molar-refractivity contribution in [2.45, 2.75) is 6.54 Å². The zero-order valence-electron chi connectivity index (χ0n) is 17.8. The third kappa shape index (κ3) is 4.36. The number of nitrogen functional groups attached to an aromatic ring is 1. The Bertz CT molecular complexity index is 1340. The van der Waals surface area contributed by atoms with E-state index >= 15 is 0 Å². The van der Waals surface area contributed by atoms with Crippen LogP contribution in [0.3, 0.4) is 0 Å². The fraction of sp³-hybridized carbons (Fsp3) is 0.217. The third-order valence-corrected chi connectivity index (χ3v) is 5.16. The summed E-state index contributed by atoms with van der Waals surface area (Å²) in [6, 6.07) is 13.5. The number of ether oxygens (including phenoxy) is 3. The number of ketones is 1. The maximum atomic E-state index is 12.8. The van der Waals surface area contributed by atoms with Crippen molar-refractivity contribution in [3.63, 3.8) is 0 Å². The van der Waals surface area contributed by atoms with Crippen LogP contribution in [0, 0.1) is 0 Å². The Morgan fingerprint density at radius 3 is 2.45 bits per heavy atom. The molecule has 3 aromatic rings. The molecule has 0 aliphatic carbocycles. The monoisotopic (exact) mass is 451 g/mol. The molecule has 0 saturated carbocycles. The molecule has 2 N–H and O–H groups in total. The van der Waals surface area contributed by atoms with Gasteiger partial charge in [0, 0.05) is 7.05 Å². The molecule has 0 unspecified atom stereocenters. The molecule has 0 atom stereocenters. The molecule has 2 aromatic carbocycles. The number of fused-ring (bicyclic) bond motifs is 1. The van der Waals surface area contributed by atoms with Crippen LogP contribution in [-0.2, 0) is 18.3 Å². The molecule has 10 heteroatoms. The number of carbonyl (C=O) groups excluding carboxylic acids is 2.